The highest BCUT2D eigenvalue weighted by Gasteiger charge is 2.19. The number of alkyl halides is 2. The van der Waals surface area contributed by atoms with Crippen LogP contribution in [0.1, 0.15) is 51.3 Å². The molecular weight excluding hydrogens is 222 g/mol. The maximum absolute atomic E-state index is 12.7. The molecule has 0 N–H and O–H groups in total. The highest BCUT2D eigenvalue weighted by Crippen LogP contribution is 2.28. The van der Waals surface area contributed by atoms with Gasteiger partial charge in [0.15, 0.2) is 5.82 Å². The number of aromatic nitrogens is 2. The first-order chi connectivity index (χ1) is 7.64. The summed E-state index contributed by atoms with van der Waals surface area (Å²) in [6.07, 6.45) is -0.642. The predicted octanol–water partition coefficient (Wildman–Crippen LogP) is 4.12. The minimum Gasteiger partial charge on any atom is -0.330 e. The minimum atomic E-state index is -2.53. The second kappa shape index (κ2) is 4.59. The van der Waals surface area contributed by atoms with Crippen LogP contribution in [0, 0.1) is 12.3 Å². The lowest BCUT2D eigenvalue weighted by atomic mass is 9.87. The maximum atomic E-state index is 12.7. The van der Waals surface area contributed by atoms with Crippen LogP contribution in [-0.2, 0) is 7.05 Å². The van der Waals surface area contributed by atoms with Crippen molar-refractivity contribution in [1.29, 1.82) is 0 Å². The summed E-state index contributed by atoms with van der Waals surface area (Å²) < 4.78 is 26.8. The van der Waals surface area contributed by atoms with Gasteiger partial charge in [-0.25, -0.2) is 13.8 Å². The number of rotatable bonds is 2. The van der Waals surface area contributed by atoms with Crippen molar-refractivity contribution >= 4 is 6.08 Å². The van der Waals surface area contributed by atoms with Gasteiger partial charge in [0, 0.05) is 12.7 Å². The largest absolute Gasteiger partial charge is 0.330 e. The summed E-state index contributed by atoms with van der Waals surface area (Å²) in [7, 11) is 1.62. The Labute approximate surface area is 101 Å². The molecule has 96 valence electrons. The zero-order valence-corrected chi connectivity index (χ0v) is 11.3. The molecule has 0 aromatic carbocycles. The SMILES string of the molecule is C/C(=C\c1nc(C(F)F)n(C)c1C)C(C)(C)C. The molecule has 1 rings (SSSR count). The van der Waals surface area contributed by atoms with Crippen LogP contribution < -0.4 is 0 Å². The third-order valence-electron chi connectivity index (χ3n) is 3.18. The Kier molecular flexibility index (Phi) is 3.74. The van der Waals surface area contributed by atoms with Gasteiger partial charge in [-0.15, -0.1) is 0 Å². The van der Waals surface area contributed by atoms with Gasteiger partial charge in [0.2, 0.25) is 0 Å². The fourth-order valence-electron chi connectivity index (χ4n) is 1.38. The van der Waals surface area contributed by atoms with Crippen LogP contribution in [-0.4, -0.2) is 9.55 Å². The van der Waals surface area contributed by atoms with E-state index in [1.165, 1.54) is 4.57 Å². The Morgan fingerprint density at radius 2 is 1.88 bits per heavy atom. The summed E-state index contributed by atoms with van der Waals surface area (Å²) >= 11 is 0. The maximum Gasteiger partial charge on any atom is 0.295 e. The van der Waals surface area contributed by atoms with E-state index in [1.807, 2.05) is 13.0 Å². The second-order valence-corrected chi connectivity index (χ2v) is 5.38. The number of imidazole rings is 1. The lowest BCUT2D eigenvalue weighted by Crippen LogP contribution is -2.06. The zero-order valence-electron chi connectivity index (χ0n) is 11.3. The van der Waals surface area contributed by atoms with Gasteiger partial charge in [-0.3, -0.25) is 0 Å². The van der Waals surface area contributed by atoms with Crippen LogP contribution in [0.5, 0.6) is 0 Å². The lowest BCUT2D eigenvalue weighted by Gasteiger charge is -2.19. The lowest BCUT2D eigenvalue weighted by molar-refractivity contribution is 0.136. The second-order valence-electron chi connectivity index (χ2n) is 5.38. The molecule has 0 bridgehead atoms. The summed E-state index contributed by atoms with van der Waals surface area (Å²) in [4.78, 5) is 4.00. The fraction of sp³-hybridized carbons (Fsp3) is 0.615. The molecule has 0 fully saturated rings. The van der Waals surface area contributed by atoms with E-state index in [-0.39, 0.29) is 11.2 Å². The summed E-state index contributed by atoms with van der Waals surface area (Å²) in [6, 6.07) is 0. The van der Waals surface area contributed by atoms with Crippen molar-refractivity contribution in [3.63, 3.8) is 0 Å². The first-order valence-corrected chi connectivity index (χ1v) is 5.64. The molecule has 1 aromatic rings. The molecule has 0 unspecified atom stereocenters. The van der Waals surface area contributed by atoms with E-state index in [1.54, 1.807) is 14.0 Å². The van der Waals surface area contributed by atoms with E-state index in [0.29, 0.717) is 5.69 Å². The van der Waals surface area contributed by atoms with Gasteiger partial charge in [-0.05, 0) is 25.3 Å². The highest BCUT2D eigenvalue weighted by molar-refractivity contribution is 5.52. The number of halogens is 2. The molecule has 0 saturated carbocycles. The average molecular weight is 242 g/mol. The van der Waals surface area contributed by atoms with Crippen LogP contribution in [0.15, 0.2) is 5.57 Å². The first-order valence-electron chi connectivity index (χ1n) is 5.64. The summed E-state index contributed by atoms with van der Waals surface area (Å²) in [5, 5.41) is 0. The molecule has 0 atom stereocenters. The minimum absolute atomic E-state index is 0.0228. The van der Waals surface area contributed by atoms with E-state index >= 15 is 0 Å². The van der Waals surface area contributed by atoms with Crippen molar-refractivity contribution in [3.05, 3.63) is 22.8 Å². The topological polar surface area (TPSA) is 17.8 Å². The Morgan fingerprint density at radius 1 is 1.35 bits per heavy atom. The molecule has 4 heteroatoms. The first kappa shape index (κ1) is 13.9. The standard InChI is InChI=1S/C13H20F2N2/c1-8(13(3,4)5)7-10-9(2)17(6)12(16-10)11(14)15/h7,11H,1-6H3/b8-7+. The van der Waals surface area contributed by atoms with Gasteiger partial charge in [0.1, 0.15) is 0 Å². The zero-order chi connectivity index (χ0) is 13.4. The van der Waals surface area contributed by atoms with Crippen molar-refractivity contribution < 1.29 is 8.78 Å². The Morgan fingerprint density at radius 3 is 2.24 bits per heavy atom. The van der Waals surface area contributed by atoms with E-state index in [2.05, 4.69) is 25.8 Å². The third-order valence-corrected chi connectivity index (χ3v) is 3.18. The monoisotopic (exact) mass is 242 g/mol. The van der Waals surface area contributed by atoms with Crippen molar-refractivity contribution in [2.45, 2.75) is 41.0 Å². The van der Waals surface area contributed by atoms with Crippen LogP contribution >= 0.6 is 0 Å². The van der Waals surface area contributed by atoms with Crippen LogP contribution in [0.4, 0.5) is 8.78 Å². The van der Waals surface area contributed by atoms with Gasteiger partial charge in [-0.1, -0.05) is 26.3 Å². The Hall–Kier alpha value is -1.19. The molecule has 0 aliphatic carbocycles. The Bertz CT molecular complexity index is 437. The van der Waals surface area contributed by atoms with E-state index in [0.717, 1.165) is 11.3 Å². The van der Waals surface area contributed by atoms with E-state index in [9.17, 15) is 8.78 Å². The molecular formula is C13H20F2N2. The van der Waals surface area contributed by atoms with E-state index < -0.39 is 6.43 Å². The fourth-order valence-corrected chi connectivity index (χ4v) is 1.38. The van der Waals surface area contributed by atoms with Crippen molar-refractivity contribution in [2.75, 3.05) is 0 Å². The number of allylic oxidation sites excluding steroid dienone is 1. The molecule has 0 amide bonds. The normalized spacial score (nSPS) is 13.6. The van der Waals surface area contributed by atoms with Gasteiger partial charge in [0.05, 0.1) is 5.69 Å². The highest BCUT2D eigenvalue weighted by atomic mass is 19.3. The number of hydrogen-bond donors (Lipinski definition) is 0. The van der Waals surface area contributed by atoms with Gasteiger partial charge in [-0.2, -0.15) is 0 Å². The van der Waals surface area contributed by atoms with Crippen molar-refractivity contribution in [1.82, 2.24) is 9.55 Å². The van der Waals surface area contributed by atoms with Crippen LogP contribution in [0.2, 0.25) is 0 Å². The summed E-state index contributed by atoms with van der Waals surface area (Å²) in [5.74, 6) is -0.171. The molecule has 0 aliphatic rings. The third kappa shape index (κ3) is 2.93. The van der Waals surface area contributed by atoms with Gasteiger partial charge >= 0.3 is 0 Å². The molecule has 1 aromatic heterocycles. The summed E-state index contributed by atoms with van der Waals surface area (Å²) in [6.45, 7) is 10.1. The van der Waals surface area contributed by atoms with E-state index in [4.69, 9.17) is 0 Å². The summed E-state index contributed by atoms with van der Waals surface area (Å²) in [5.41, 5.74) is 2.55. The molecule has 0 spiro atoms. The molecule has 17 heavy (non-hydrogen) atoms. The van der Waals surface area contributed by atoms with Gasteiger partial charge < -0.3 is 4.57 Å². The van der Waals surface area contributed by atoms with Gasteiger partial charge in [0.25, 0.3) is 6.43 Å². The smallest absolute Gasteiger partial charge is 0.295 e. The quantitative estimate of drug-likeness (QED) is 0.763. The molecule has 0 saturated heterocycles. The predicted molar refractivity (Wildman–Crippen MR) is 66.0 cm³/mol. The number of hydrogen-bond acceptors (Lipinski definition) is 1. The Balaban J connectivity index is 3.22. The molecule has 0 radical (unpaired) electrons. The van der Waals surface area contributed by atoms with Crippen molar-refractivity contribution in [2.24, 2.45) is 12.5 Å². The van der Waals surface area contributed by atoms with Crippen LogP contribution in [0.3, 0.4) is 0 Å². The number of nitrogens with zero attached hydrogens (tertiary/aromatic N) is 2. The van der Waals surface area contributed by atoms with Crippen molar-refractivity contribution in [3.8, 4) is 0 Å². The molecule has 0 aliphatic heterocycles. The van der Waals surface area contributed by atoms with Crippen LogP contribution in [0.25, 0.3) is 6.08 Å². The molecule has 2 nitrogen and oxygen atoms in total. The molecule has 1 heterocycles. The average Bonchev–Trinajstić information content (AvgIpc) is 2.44.